The fraction of sp³-hybridized carbons (Fsp3) is 0.290. The van der Waals surface area contributed by atoms with Gasteiger partial charge in [0, 0.05) is 40.1 Å². The van der Waals surface area contributed by atoms with Crippen LogP contribution in [0.3, 0.4) is 0 Å². The summed E-state index contributed by atoms with van der Waals surface area (Å²) in [6.45, 7) is 29.7. The van der Waals surface area contributed by atoms with Crippen molar-refractivity contribution in [1.82, 2.24) is 14.1 Å². The third-order valence-corrected chi connectivity index (χ3v) is 13.9. The normalized spacial score (nSPS) is 12.9. The van der Waals surface area contributed by atoms with E-state index >= 15 is 0 Å². The SMILES string of the molecule is CC(C)(C)c1cc(Oc2ccc3c4ccccc4n(-c4cc(C(C)(C)C)ccn4)c3c2)cc(-n2[c-][n+](-c3cc(C(C)(C)C)cc(C(C)(C)c4ccccc4)c3)c(C(C)(C)c3ccccc3)c2)c1. The summed E-state index contributed by atoms with van der Waals surface area (Å²) in [6.07, 6.45) is 8.10. The molecule has 0 aliphatic heterocycles. The van der Waals surface area contributed by atoms with Crippen molar-refractivity contribution >= 4 is 21.8 Å². The van der Waals surface area contributed by atoms with Crippen LogP contribution in [0.2, 0.25) is 0 Å². The van der Waals surface area contributed by atoms with E-state index in [0.29, 0.717) is 0 Å². The number of rotatable bonds is 9. The van der Waals surface area contributed by atoms with Crippen LogP contribution in [0, 0.1) is 6.33 Å². The van der Waals surface area contributed by atoms with Crippen molar-refractivity contribution in [1.29, 1.82) is 0 Å². The lowest BCUT2D eigenvalue weighted by atomic mass is 9.75. The summed E-state index contributed by atoms with van der Waals surface area (Å²) in [5, 5.41) is 2.33. The molecule has 0 bridgehead atoms. The molecule has 3 heterocycles. The topological polar surface area (TPSA) is 35.9 Å². The molecule has 9 rings (SSSR count). The van der Waals surface area contributed by atoms with Gasteiger partial charge in [-0.05, 0) is 110 Å². The Bertz CT molecular complexity index is 3250. The van der Waals surface area contributed by atoms with Crippen LogP contribution < -0.4 is 9.30 Å². The van der Waals surface area contributed by atoms with Crippen LogP contribution in [0.1, 0.15) is 129 Å². The Morgan fingerprint density at radius 1 is 0.463 bits per heavy atom. The van der Waals surface area contributed by atoms with E-state index in [-0.39, 0.29) is 27.1 Å². The summed E-state index contributed by atoms with van der Waals surface area (Å²) in [7, 11) is 0. The van der Waals surface area contributed by atoms with Gasteiger partial charge in [-0.2, -0.15) is 0 Å². The van der Waals surface area contributed by atoms with E-state index in [2.05, 4.69) is 268 Å². The predicted molar refractivity (Wildman–Crippen MR) is 278 cm³/mol. The highest BCUT2D eigenvalue weighted by molar-refractivity contribution is 6.09. The standard InChI is InChI=1S/C62H66N4O/c1-58(2,3)44-30-31-63-57(37-44)66-54-27-21-20-26-52(54)53-29-28-50(39-55(53)66)67-51-36-46(60(7,8)9)33-48(38-51)64-40-56(62(12,13)43-24-18-15-19-25-43)65(41-64)49-34-45(59(4,5)6)32-47(35-49)61(10,11)42-22-16-14-17-23-42/h14-40H,1-13H3. The van der Waals surface area contributed by atoms with E-state index in [4.69, 9.17) is 9.72 Å². The number of ether oxygens (including phenoxy) is 1. The van der Waals surface area contributed by atoms with Crippen LogP contribution in [-0.4, -0.2) is 14.1 Å². The maximum absolute atomic E-state index is 6.99. The van der Waals surface area contributed by atoms with Gasteiger partial charge in [-0.3, -0.25) is 13.7 Å². The summed E-state index contributed by atoms with van der Waals surface area (Å²) in [5.41, 5.74) is 11.9. The highest BCUT2D eigenvalue weighted by Crippen LogP contribution is 2.40. The Labute approximate surface area is 398 Å². The van der Waals surface area contributed by atoms with Gasteiger partial charge in [-0.1, -0.05) is 175 Å². The molecule has 0 atom stereocenters. The zero-order valence-corrected chi connectivity index (χ0v) is 41.8. The lowest BCUT2D eigenvalue weighted by molar-refractivity contribution is -0.611. The molecule has 340 valence electrons. The summed E-state index contributed by atoms with van der Waals surface area (Å²) in [5.74, 6) is 2.41. The molecule has 0 unspecified atom stereocenters. The zero-order valence-electron chi connectivity index (χ0n) is 41.8. The molecule has 5 nitrogen and oxygen atoms in total. The predicted octanol–water partition coefficient (Wildman–Crippen LogP) is 15.4. The Morgan fingerprint density at radius 2 is 1.04 bits per heavy atom. The first-order valence-corrected chi connectivity index (χ1v) is 23.8. The van der Waals surface area contributed by atoms with Gasteiger partial charge >= 0.3 is 0 Å². The molecule has 6 aromatic carbocycles. The third-order valence-electron chi connectivity index (χ3n) is 13.9. The molecule has 67 heavy (non-hydrogen) atoms. The molecule has 0 N–H and O–H groups in total. The van der Waals surface area contributed by atoms with E-state index in [1.54, 1.807) is 0 Å². The van der Waals surface area contributed by atoms with Crippen LogP contribution in [-0.2, 0) is 27.1 Å². The first kappa shape index (κ1) is 45.4. The molecule has 0 aliphatic rings. The van der Waals surface area contributed by atoms with Crippen LogP contribution in [0.25, 0.3) is 39.0 Å². The quantitative estimate of drug-likeness (QED) is 0.107. The van der Waals surface area contributed by atoms with Crippen molar-refractivity contribution < 1.29 is 9.30 Å². The number of nitrogens with zero attached hydrogens (tertiary/aromatic N) is 4. The Balaban J connectivity index is 1.21. The van der Waals surface area contributed by atoms with E-state index in [1.165, 1.54) is 33.2 Å². The average molecular weight is 883 g/mol. The van der Waals surface area contributed by atoms with Gasteiger partial charge in [0.05, 0.1) is 28.1 Å². The molecule has 0 aliphatic carbocycles. The molecular weight excluding hydrogens is 817 g/mol. The highest BCUT2D eigenvalue weighted by atomic mass is 16.5. The van der Waals surface area contributed by atoms with Gasteiger partial charge in [-0.25, -0.2) is 4.98 Å². The van der Waals surface area contributed by atoms with Crippen LogP contribution in [0.5, 0.6) is 11.5 Å². The highest BCUT2D eigenvalue weighted by Gasteiger charge is 2.32. The van der Waals surface area contributed by atoms with E-state index in [1.807, 2.05) is 6.20 Å². The van der Waals surface area contributed by atoms with Gasteiger partial charge in [0.2, 0.25) is 0 Å². The first-order chi connectivity index (χ1) is 31.6. The minimum Gasteiger partial charge on any atom is -0.458 e. The van der Waals surface area contributed by atoms with E-state index < -0.39 is 0 Å². The van der Waals surface area contributed by atoms with Crippen molar-refractivity contribution in [3.63, 3.8) is 0 Å². The molecule has 5 heteroatoms. The van der Waals surface area contributed by atoms with Gasteiger partial charge in [0.1, 0.15) is 17.3 Å². The van der Waals surface area contributed by atoms with Gasteiger partial charge in [0.15, 0.2) is 0 Å². The lowest BCUT2D eigenvalue weighted by Crippen LogP contribution is -2.41. The molecule has 0 radical (unpaired) electrons. The summed E-state index contributed by atoms with van der Waals surface area (Å²) in [6, 6.07) is 54.8. The fourth-order valence-electron chi connectivity index (χ4n) is 9.32. The molecular formula is C62H66N4O. The Kier molecular flexibility index (Phi) is 11.2. The van der Waals surface area contributed by atoms with Crippen molar-refractivity contribution in [2.45, 2.75) is 117 Å². The van der Waals surface area contributed by atoms with Crippen LogP contribution in [0.15, 0.2) is 164 Å². The molecule has 0 fully saturated rings. The van der Waals surface area contributed by atoms with Crippen LogP contribution in [0.4, 0.5) is 0 Å². The third kappa shape index (κ3) is 8.73. The van der Waals surface area contributed by atoms with Crippen molar-refractivity contribution in [3.05, 3.63) is 209 Å². The second kappa shape index (κ2) is 16.6. The second-order valence-electron chi connectivity index (χ2n) is 22.6. The van der Waals surface area contributed by atoms with Crippen molar-refractivity contribution in [2.75, 3.05) is 0 Å². The van der Waals surface area contributed by atoms with Crippen LogP contribution >= 0.6 is 0 Å². The number of para-hydroxylation sites is 1. The number of fused-ring (bicyclic) bond motifs is 3. The van der Waals surface area contributed by atoms with Crippen molar-refractivity contribution in [3.8, 4) is 28.7 Å². The number of benzene rings is 6. The van der Waals surface area contributed by atoms with Gasteiger partial charge in [0.25, 0.3) is 6.33 Å². The lowest BCUT2D eigenvalue weighted by Gasteiger charge is -2.31. The average Bonchev–Trinajstić information content (AvgIpc) is 3.90. The van der Waals surface area contributed by atoms with Crippen molar-refractivity contribution in [2.24, 2.45) is 0 Å². The monoisotopic (exact) mass is 883 g/mol. The van der Waals surface area contributed by atoms with Gasteiger partial charge < -0.3 is 4.74 Å². The maximum Gasteiger partial charge on any atom is 0.269 e. The molecule has 3 aromatic heterocycles. The maximum atomic E-state index is 6.99. The number of hydrogen-bond acceptors (Lipinski definition) is 2. The summed E-state index contributed by atoms with van der Waals surface area (Å²) >= 11 is 0. The van der Waals surface area contributed by atoms with E-state index in [0.717, 1.165) is 56.4 Å². The number of hydrogen-bond donors (Lipinski definition) is 0. The molecule has 0 amide bonds. The largest absolute Gasteiger partial charge is 0.458 e. The minimum atomic E-state index is -0.383. The zero-order chi connectivity index (χ0) is 47.7. The Morgan fingerprint density at radius 3 is 1.70 bits per heavy atom. The summed E-state index contributed by atoms with van der Waals surface area (Å²) < 4.78 is 13.7. The molecule has 0 saturated carbocycles. The Hall–Kier alpha value is -6.72. The molecule has 0 spiro atoms. The smallest absolute Gasteiger partial charge is 0.269 e. The fourth-order valence-corrected chi connectivity index (χ4v) is 9.32. The second-order valence-corrected chi connectivity index (χ2v) is 22.6. The number of pyridine rings is 1. The molecule has 9 aromatic rings. The first-order valence-electron chi connectivity index (χ1n) is 23.8. The minimum absolute atomic E-state index is 0.0202. The number of aromatic nitrogens is 4. The summed E-state index contributed by atoms with van der Waals surface area (Å²) in [4.78, 5) is 4.92. The van der Waals surface area contributed by atoms with E-state index in [9.17, 15) is 0 Å². The number of imidazole rings is 1. The van der Waals surface area contributed by atoms with Gasteiger partial charge in [-0.15, -0.1) is 0 Å². The molecule has 0 saturated heterocycles.